The van der Waals surface area contributed by atoms with Gasteiger partial charge in [0.15, 0.2) is 5.96 Å². The van der Waals surface area contributed by atoms with Gasteiger partial charge in [0, 0.05) is 51.6 Å². The molecule has 7 heteroatoms. The fraction of sp³-hybridized carbons (Fsp3) is 0.500. The Bertz CT molecular complexity index is 884. The van der Waals surface area contributed by atoms with Crippen molar-refractivity contribution in [3.8, 4) is 0 Å². The first-order valence-electron chi connectivity index (χ1n) is 11.8. The van der Waals surface area contributed by atoms with E-state index in [2.05, 4.69) is 76.0 Å². The molecule has 2 aromatic rings. The van der Waals surface area contributed by atoms with Gasteiger partial charge in [0.25, 0.3) is 0 Å². The van der Waals surface area contributed by atoms with Gasteiger partial charge in [-0.3, -0.25) is 4.99 Å². The highest BCUT2D eigenvalue weighted by Gasteiger charge is 2.23. The lowest BCUT2D eigenvalue weighted by molar-refractivity contribution is -0.0390. The second kappa shape index (κ2) is 13.2. The van der Waals surface area contributed by atoms with Crippen LogP contribution in [0.5, 0.6) is 0 Å². The second-order valence-corrected chi connectivity index (χ2v) is 8.78. The molecular weight excluding hydrogens is 527 g/mol. The van der Waals surface area contributed by atoms with E-state index in [-0.39, 0.29) is 24.0 Å². The third kappa shape index (κ3) is 7.86. The molecule has 2 aliphatic rings. The van der Waals surface area contributed by atoms with E-state index in [0.29, 0.717) is 18.8 Å². The number of benzene rings is 2. The van der Waals surface area contributed by atoms with Crippen molar-refractivity contribution >= 4 is 35.6 Å². The number of hydrogen-bond acceptors (Lipinski definition) is 4. The second-order valence-electron chi connectivity index (χ2n) is 8.78. The van der Waals surface area contributed by atoms with Crippen molar-refractivity contribution in [3.63, 3.8) is 0 Å². The molecule has 6 nitrogen and oxygen atoms in total. The van der Waals surface area contributed by atoms with Gasteiger partial charge < -0.3 is 25.0 Å². The maximum atomic E-state index is 6.07. The summed E-state index contributed by atoms with van der Waals surface area (Å²) in [5, 5.41) is 7.06. The number of rotatable bonds is 7. The van der Waals surface area contributed by atoms with Crippen LogP contribution in [-0.2, 0) is 22.6 Å². The van der Waals surface area contributed by atoms with E-state index in [9.17, 15) is 0 Å². The number of aliphatic imine (C=N–C) groups is 1. The number of hydrogen-bond donors (Lipinski definition) is 2. The lowest BCUT2D eigenvalue weighted by atomic mass is 10.1. The lowest BCUT2D eigenvalue weighted by Crippen LogP contribution is -2.44. The molecule has 2 aromatic carbocycles. The van der Waals surface area contributed by atoms with Gasteiger partial charge in [-0.2, -0.15) is 0 Å². The largest absolute Gasteiger partial charge is 0.381 e. The van der Waals surface area contributed by atoms with E-state index >= 15 is 0 Å². The highest BCUT2D eigenvalue weighted by molar-refractivity contribution is 14.0. The zero-order chi connectivity index (χ0) is 22.2. The number of anilines is 1. The number of ether oxygens (including phenoxy) is 2. The van der Waals surface area contributed by atoms with Crippen molar-refractivity contribution in [1.29, 1.82) is 0 Å². The molecule has 0 aromatic heterocycles. The minimum absolute atomic E-state index is 0. The molecule has 1 atom stereocenters. The summed E-state index contributed by atoms with van der Waals surface area (Å²) in [7, 11) is 1.83. The quantitative estimate of drug-likeness (QED) is 0.299. The zero-order valence-corrected chi connectivity index (χ0v) is 22.1. The van der Waals surface area contributed by atoms with E-state index in [4.69, 9.17) is 9.47 Å². The van der Waals surface area contributed by atoms with Crippen LogP contribution >= 0.6 is 24.0 Å². The van der Waals surface area contributed by atoms with Crippen molar-refractivity contribution in [1.82, 2.24) is 10.6 Å². The zero-order valence-electron chi connectivity index (χ0n) is 19.8. The standard InChI is InChI=1S/C26H36N4O2.HI/c1-20-6-8-24(9-7-20)30-13-10-23(18-30)29-26(27-2)28-17-21-4-3-5-22(16-21)19-32-25-11-14-31-15-12-25;/h3-9,16,23,25H,10-15,17-19H2,1-2H3,(H2,27,28,29);1H. The predicted octanol–water partition coefficient (Wildman–Crippen LogP) is 4.25. The van der Waals surface area contributed by atoms with Crippen LogP contribution in [0.15, 0.2) is 53.5 Å². The third-order valence-electron chi connectivity index (χ3n) is 6.26. The average Bonchev–Trinajstić information content (AvgIpc) is 3.30. The van der Waals surface area contributed by atoms with E-state index in [1.54, 1.807) is 0 Å². The fourth-order valence-electron chi connectivity index (χ4n) is 4.33. The minimum atomic E-state index is 0. The molecule has 0 bridgehead atoms. The number of nitrogens with zero attached hydrogens (tertiary/aromatic N) is 2. The van der Waals surface area contributed by atoms with Crippen molar-refractivity contribution in [3.05, 3.63) is 65.2 Å². The Morgan fingerprint density at radius 2 is 1.85 bits per heavy atom. The third-order valence-corrected chi connectivity index (χ3v) is 6.26. The van der Waals surface area contributed by atoms with Gasteiger partial charge in [0.1, 0.15) is 0 Å². The molecule has 0 spiro atoms. The van der Waals surface area contributed by atoms with Crippen LogP contribution in [0.4, 0.5) is 5.69 Å². The predicted molar refractivity (Wildman–Crippen MR) is 146 cm³/mol. The molecule has 0 radical (unpaired) electrons. The van der Waals surface area contributed by atoms with Gasteiger partial charge in [0.2, 0.25) is 0 Å². The van der Waals surface area contributed by atoms with Crippen molar-refractivity contribution in [2.24, 2.45) is 4.99 Å². The van der Waals surface area contributed by atoms with E-state index in [1.165, 1.54) is 22.4 Å². The van der Waals surface area contributed by atoms with Crippen LogP contribution in [0.1, 0.15) is 36.0 Å². The van der Waals surface area contributed by atoms with Crippen LogP contribution < -0.4 is 15.5 Å². The topological polar surface area (TPSA) is 58.1 Å². The fourth-order valence-corrected chi connectivity index (χ4v) is 4.33. The van der Waals surface area contributed by atoms with Crippen LogP contribution in [0.2, 0.25) is 0 Å². The molecule has 0 amide bonds. The SMILES string of the molecule is CN=C(NCc1cccc(COC2CCOCC2)c1)NC1CCN(c2ccc(C)cc2)C1.I. The van der Waals surface area contributed by atoms with Gasteiger partial charge in [0.05, 0.1) is 12.7 Å². The molecule has 2 saturated heterocycles. The molecule has 180 valence electrons. The Kier molecular flexibility index (Phi) is 10.3. The number of nitrogens with one attached hydrogen (secondary N) is 2. The van der Waals surface area contributed by atoms with E-state index in [1.807, 2.05) is 7.05 Å². The van der Waals surface area contributed by atoms with Crippen molar-refractivity contribution in [2.45, 2.75) is 51.5 Å². The average molecular weight is 565 g/mol. The van der Waals surface area contributed by atoms with E-state index < -0.39 is 0 Å². The maximum Gasteiger partial charge on any atom is 0.191 e. The minimum Gasteiger partial charge on any atom is -0.381 e. The molecule has 33 heavy (non-hydrogen) atoms. The lowest BCUT2D eigenvalue weighted by Gasteiger charge is -2.22. The summed E-state index contributed by atoms with van der Waals surface area (Å²) in [5.74, 6) is 0.851. The Morgan fingerprint density at radius 1 is 1.09 bits per heavy atom. The van der Waals surface area contributed by atoms with Gasteiger partial charge in [-0.1, -0.05) is 42.0 Å². The van der Waals surface area contributed by atoms with Crippen LogP contribution in [0, 0.1) is 6.92 Å². The van der Waals surface area contributed by atoms with Gasteiger partial charge >= 0.3 is 0 Å². The molecular formula is C26H37IN4O2. The molecule has 4 rings (SSSR count). The van der Waals surface area contributed by atoms with Crippen molar-refractivity contribution < 1.29 is 9.47 Å². The Hall–Kier alpha value is -1.84. The first-order valence-corrected chi connectivity index (χ1v) is 11.8. The van der Waals surface area contributed by atoms with E-state index in [0.717, 1.165) is 58.1 Å². The highest BCUT2D eigenvalue weighted by Crippen LogP contribution is 2.21. The smallest absolute Gasteiger partial charge is 0.191 e. The summed E-state index contributed by atoms with van der Waals surface area (Å²) in [4.78, 5) is 6.87. The molecule has 0 saturated carbocycles. The van der Waals surface area contributed by atoms with Gasteiger partial charge in [-0.15, -0.1) is 24.0 Å². The van der Waals surface area contributed by atoms with Gasteiger partial charge in [-0.25, -0.2) is 0 Å². The van der Waals surface area contributed by atoms with Crippen LogP contribution in [-0.4, -0.2) is 51.5 Å². The van der Waals surface area contributed by atoms with Gasteiger partial charge in [-0.05, 0) is 49.4 Å². The normalized spacial score (nSPS) is 19.3. The molecule has 0 aliphatic carbocycles. The van der Waals surface area contributed by atoms with Crippen molar-refractivity contribution in [2.75, 3.05) is 38.3 Å². The Labute approximate surface area is 215 Å². The highest BCUT2D eigenvalue weighted by atomic mass is 127. The number of guanidine groups is 1. The monoisotopic (exact) mass is 564 g/mol. The number of halogens is 1. The summed E-state index contributed by atoms with van der Waals surface area (Å²) >= 11 is 0. The molecule has 2 aliphatic heterocycles. The Balaban J connectivity index is 0.00000306. The number of aryl methyl sites for hydroxylation is 1. The first kappa shape index (κ1) is 25.8. The summed E-state index contributed by atoms with van der Waals surface area (Å²) in [5.41, 5.74) is 5.03. The molecule has 2 N–H and O–H groups in total. The summed E-state index contributed by atoms with van der Waals surface area (Å²) in [6.07, 6.45) is 3.41. The molecule has 1 unspecified atom stereocenters. The molecule has 2 heterocycles. The van der Waals surface area contributed by atoms with Crippen LogP contribution in [0.3, 0.4) is 0 Å². The van der Waals surface area contributed by atoms with Crippen LogP contribution in [0.25, 0.3) is 0 Å². The summed E-state index contributed by atoms with van der Waals surface area (Å²) in [6, 6.07) is 17.8. The molecule has 2 fully saturated rings. The summed E-state index contributed by atoms with van der Waals surface area (Å²) < 4.78 is 11.5. The maximum absolute atomic E-state index is 6.07. The first-order chi connectivity index (χ1) is 15.7. The Morgan fingerprint density at radius 3 is 2.61 bits per heavy atom. The summed E-state index contributed by atoms with van der Waals surface area (Å²) in [6.45, 7) is 7.19.